The van der Waals surface area contributed by atoms with E-state index in [1.807, 2.05) is 13.8 Å². The maximum Gasteiger partial charge on any atom is 0.325 e. The van der Waals surface area contributed by atoms with E-state index in [4.69, 9.17) is 10.5 Å². The van der Waals surface area contributed by atoms with Crippen molar-refractivity contribution in [3.05, 3.63) is 0 Å². The van der Waals surface area contributed by atoms with Gasteiger partial charge in [0.15, 0.2) is 0 Å². The van der Waals surface area contributed by atoms with Gasteiger partial charge in [-0.15, -0.1) is 0 Å². The van der Waals surface area contributed by atoms with Crippen molar-refractivity contribution in [1.29, 1.82) is 0 Å². The Kier molecular flexibility index (Phi) is 8.50. The first-order valence-electron chi connectivity index (χ1n) is 6.94. The second kappa shape index (κ2) is 8.99. The fourth-order valence-electron chi connectivity index (χ4n) is 1.73. The molecule has 21 heavy (non-hydrogen) atoms. The van der Waals surface area contributed by atoms with E-state index in [1.165, 1.54) is 4.90 Å². The quantitative estimate of drug-likeness (QED) is 0.589. The van der Waals surface area contributed by atoms with Gasteiger partial charge in [-0.05, 0) is 19.3 Å². The van der Waals surface area contributed by atoms with E-state index in [-0.39, 0.29) is 31.2 Å². The molecule has 1 amide bonds. The lowest BCUT2D eigenvalue weighted by Gasteiger charge is -2.26. The average molecular weight is 322 g/mol. The zero-order valence-corrected chi connectivity index (χ0v) is 14.0. The molecule has 0 aliphatic heterocycles. The average Bonchev–Trinajstić information content (AvgIpc) is 2.33. The van der Waals surface area contributed by atoms with Crippen LogP contribution < -0.4 is 5.73 Å². The summed E-state index contributed by atoms with van der Waals surface area (Å²) in [5.74, 6) is -0.929. The Bertz CT molecular complexity index is 447. The number of hydrogen-bond acceptors (Lipinski definition) is 6. The Morgan fingerprint density at radius 2 is 1.86 bits per heavy atom. The molecule has 1 atom stereocenters. The molecular weight excluding hydrogens is 296 g/mol. The summed E-state index contributed by atoms with van der Waals surface area (Å²) in [6.45, 7) is 5.94. The van der Waals surface area contributed by atoms with Crippen LogP contribution >= 0.6 is 0 Å². The van der Waals surface area contributed by atoms with Crippen molar-refractivity contribution >= 4 is 21.7 Å². The largest absolute Gasteiger partial charge is 0.465 e. The molecule has 0 bridgehead atoms. The summed E-state index contributed by atoms with van der Waals surface area (Å²) in [4.78, 5) is 25.1. The molecule has 1 unspecified atom stereocenters. The van der Waals surface area contributed by atoms with Crippen molar-refractivity contribution in [2.45, 2.75) is 33.2 Å². The van der Waals surface area contributed by atoms with Gasteiger partial charge in [0.25, 0.3) is 0 Å². The van der Waals surface area contributed by atoms with Crippen molar-refractivity contribution in [1.82, 2.24) is 4.90 Å². The van der Waals surface area contributed by atoms with E-state index < -0.39 is 27.8 Å². The topological polar surface area (TPSA) is 107 Å². The molecule has 0 aromatic rings. The Morgan fingerprint density at radius 1 is 1.29 bits per heavy atom. The minimum absolute atomic E-state index is 0.0368. The molecule has 0 rings (SSSR count). The highest BCUT2D eigenvalue weighted by Gasteiger charge is 2.25. The number of hydrogen-bond donors (Lipinski definition) is 1. The molecule has 0 heterocycles. The van der Waals surface area contributed by atoms with Crippen LogP contribution in [0.15, 0.2) is 0 Å². The lowest BCUT2D eigenvalue weighted by Crippen LogP contribution is -2.48. The summed E-state index contributed by atoms with van der Waals surface area (Å²) < 4.78 is 27.1. The monoisotopic (exact) mass is 322 g/mol. The summed E-state index contributed by atoms with van der Waals surface area (Å²) >= 11 is 0. The van der Waals surface area contributed by atoms with Crippen LogP contribution in [0.2, 0.25) is 0 Å². The molecule has 7 nitrogen and oxygen atoms in total. The van der Waals surface area contributed by atoms with Gasteiger partial charge < -0.3 is 15.4 Å². The van der Waals surface area contributed by atoms with Gasteiger partial charge in [-0.3, -0.25) is 9.59 Å². The van der Waals surface area contributed by atoms with Gasteiger partial charge in [0, 0.05) is 12.8 Å². The molecule has 0 saturated heterocycles. The number of rotatable bonds is 9. The van der Waals surface area contributed by atoms with Gasteiger partial charge in [0.05, 0.1) is 18.4 Å². The SMILES string of the molecule is CCOC(=O)CN(CC(C)C)C(=O)C(N)CCS(C)(=O)=O. The molecule has 2 N–H and O–H groups in total. The van der Waals surface area contributed by atoms with Crippen LogP contribution in [0.25, 0.3) is 0 Å². The summed E-state index contributed by atoms with van der Waals surface area (Å²) in [7, 11) is -3.18. The van der Waals surface area contributed by atoms with Crippen molar-refractivity contribution in [2.24, 2.45) is 11.7 Å². The zero-order valence-electron chi connectivity index (χ0n) is 13.2. The molecule has 0 radical (unpaired) electrons. The van der Waals surface area contributed by atoms with Crippen LogP contribution in [0.3, 0.4) is 0 Å². The number of carbonyl (C=O) groups excluding carboxylic acids is 2. The maximum absolute atomic E-state index is 12.2. The van der Waals surface area contributed by atoms with Crippen molar-refractivity contribution in [2.75, 3.05) is 31.7 Å². The molecular formula is C13H26N2O5S. The molecule has 0 aliphatic rings. The van der Waals surface area contributed by atoms with Crippen molar-refractivity contribution in [3.8, 4) is 0 Å². The number of nitrogens with two attached hydrogens (primary N) is 1. The number of carbonyl (C=O) groups is 2. The molecule has 0 spiro atoms. The smallest absolute Gasteiger partial charge is 0.325 e. The predicted octanol–water partition coefficient (Wildman–Crippen LogP) is -0.204. The van der Waals surface area contributed by atoms with Crippen LogP contribution in [-0.4, -0.2) is 62.9 Å². The van der Waals surface area contributed by atoms with Gasteiger partial charge >= 0.3 is 5.97 Å². The highest BCUT2D eigenvalue weighted by Crippen LogP contribution is 2.05. The third kappa shape index (κ3) is 9.41. The van der Waals surface area contributed by atoms with Crippen molar-refractivity contribution < 1.29 is 22.7 Å². The van der Waals surface area contributed by atoms with Crippen LogP contribution in [0.4, 0.5) is 0 Å². The minimum atomic E-state index is -3.18. The van der Waals surface area contributed by atoms with Gasteiger partial charge in [-0.2, -0.15) is 0 Å². The Morgan fingerprint density at radius 3 is 2.29 bits per heavy atom. The van der Waals surface area contributed by atoms with Crippen LogP contribution in [-0.2, 0) is 24.2 Å². The third-order valence-electron chi connectivity index (χ3n) is 2.64. The zero-order chi connectivity index (χ0) is 16.6. The highest BCUT2D eigenvalue weighted by atomic mass is 32.2. The van der Waals surface area contributed by atoms with Gasteiger partial charge in [0.1, 0.15) is 16.4 Å². The van der Waals surface area contributed by atoms with E-state index in [2.05, 4.69) is 0 Å². The first kappa shape index (κ1) is 19.9. The number of nitrogens with zero attached hydrogens (tertiary/aromatic N) is 1. The molecule has 0 fully saturated rings. The highest BCUT2D eigenvalue weighted by molar-refractivity contribution is 7.90. The summed E-state index contributed by atoms with van der Waals surface area (Å²) in [5, 5.41) is 0. The van der Waals surface area contributed by atoms with Gasteiger partial charge in [-0.25, -0.2) is 8.42 Å². The van der Waals surface area contributed by atoms with Crippen LogP contribution in [0.5, 0.6) is 0 Å². The van der Waals surface area contributed by atoms with E-state index >= 15 is 0 Å². The van der Waals surface area contributed by atoms with E-state index in [0.29, 0.717) is 6.54 Å². The number of amides is 1. The lowest BCUT2D eigenvalue weighted by atomic mass is 10.1. The fourth-order valence-corrected chi connectivity index (χ4v) is 2.42. The van der Waals surface area contributed by atoms with Crippen LogP contribution in [0, 0.1) is 5.92 Å². The third-order valence-corrected chi connectivity index (χ3v) is 3.62. The lowest BCUT2D eigenvalue weighted by molar-refractivity contribution is -0.149. The molecule has 124 valence electrons. The Balaban J connectivity index is 4.73. The summed E-state index contributed by atoms with van der Waals surface area (Å²) in [6, 6.07) is -0.937. The normalized spacial score (nSPS) is 13.0. The van der Waals surface area contributed by atoms with E-state index in [9.17, 15) is 18.0 Å². The maximum atomic E-state index is 12.2. The number of sulfone groups is 1. The first-order valence-corrected chi connectivity index (χ1v) is 9.00. The molecule has 0 aromatic carbocycles. The molecule has 8 heteroatoms. The minimum Gasteiger partial charge on any atom is -0.465 e. The van der Waals surface area contributed by atoms with Crippen LogP contribution in [0.1, 0.15) is 27.2 Å². The second-order valence-corrected chi connectivity index (χ2v) is 7.70. The number of ether oxygens (including phenoxy) is 1. The Hall–Kier alpha value is -1.15. The van der Waals surface area contributed by atoms with Gasteiger partial charge in [0.2, 0.25) is 5.91 Å². The number of esters is 1. The van der Waals surface area contributed by atoms with Crippen molar-refractivity contribution in [3.63, 3.8) is 0 Å². The summed E-state index contributed by atoms with van der Waals surface area (Å²) in [5.41, 5.74) is 5.74. The second-order valence-electron chi connectivity index (χ2n) is 5.44. The standard InChI is InChI=1S/C13H26N2O5S/c1-5-20-12(16)9-15(8-10(2)3)13(17)11(14)6-7-21(4,18)19/h10-11H,5-9,14H2,1-4H3. The molecule has 0 saturated carbocycles. The fraction of sp³-hybridized carbons (Fsp3) is 0.846. The molecule has 0 aromatic heterocycles. The first-order chi connectivity index (χ1) is 9.56. The Labute approximate surface area is 126 Å². The summed E-state index contributed by atoms with van der Waals surface area (Å²) in [6.07, 6.45) is 1.13. The predicted molar refractivity (Wildman–Crippen MR) is 80.4 cm³/mol. The van der Waals surface area contributed by atoms with E-state index in [0.717, 1.165) is 6.26 Å². The van der Waals surface area contributed by atoms with E-state index in [1.54, 1.807) is 6.92 Å². The van der Waals surface area contributed by atoms with Gasteiger partial charge in [-0.1, -0.05) is 13.8 Å². The molecule has 0 aliphatic carbocycles.